The Kier molecular flexibility index (Phi) is 6.63. The molecule has 3 rings (SSSR count). The zero-order valence-corrected chi connectivity index (χ0v) is 15.8. The quantitative estimate of drug-likeness (QED) is 0.586. The van der Waals surface area contributed by atoms with Crippen molar-refractivity contribution in [1.29, 1.82) is 0 Å². The maximum Gasteiger partial charge on any atom is 0.374 e. The third-order valence-electron chi connectivity index (χ3n) is 4.13. The molecule has 0 atom stereocenters. The van der Waals surface area contributed by atoms with E-state index in [-0.39, 0.29) is 18.2 Å². The average Bonchev–Trinajstić information content (AvgIpc) is 3.20. The van der Waals surface area contributed by atoms with Gasteiger partial charge in [0.2, 0.25) is 5.76 Å². The van der Waals surface area contributed by atoms with Gasteiger partial charge >= 0.3 is 5.97 Å². The van der Waals surface area contributed by atoms with Crippen molar-refractivity contribution in [3.8, 4) is 5.75 Å². The predicted octanol–water partition coefficient (Wildman–Crippen LogP) is 3.78. The second kappa shape index (κ2) is 9.54. The van der Waals surface area contributed by atoms with Crippen molar-refractivity contribution in [2.45, 2.75) is 20.1 Å². The molecule has 29 heavy (non-hydrogen) atoms. The van der Waals surface area contributed by atoms with Crippen molar-refractivity contribution in [1.82, 2.24) is 5.32 Å². The molecule has 0 aliphatic rings. The lowest BCUT2D eigenvalue weighted by Gasteiger charge is -2.08. The highest BCUT2D eigenvalue weighted by Crippen LogP contribution is 2.15. The highest BCUT2D eigenvalue weighted by atomic mass is 19.1. The lowest BCUT2D eigenvalue weighted by molar-refractivity contribution is -0.124. The summed E-state index contributed by atoms with van der Waals surface area (Å²) in [5.74, 6) is -0.683. The van der Waals surface area contributed by atoms with Gasteiger partial charge in [0.1, 0.15) is 23.9 Å². The number of hydrogen-bond donors (Lipinski definition) is 1. The number of hydrogen-bond acceptors (Lipinski definition) is 5. The number of carbonyl (C=O) groups excluding carboxylic acids is 2. The van der Waals surface area contributed by atoms with E-state index in [0.29, 0.717) is 18.1 Å². The Hall–Kier alpha value is -3.61. The second-order valence-corrected chi connectivity index (χ2v) is 6.29. The Labute approximate surface area is 167 Å². The SMILES string of the molecule is Cc1ccccc1CNC(=O)COC(=O)c1ccc(COc2ccc(F)cc2)o1. The van der Waals surface area contributed by atoms with Gasteiger partial charge in [0.15, 0.2) is 6.61 Å². The number of halogens is 1. The number of rotatable bonds is 8. The summed E-state index contributed by atoms with van der Waals surface area (Å²) in [5, 5.41) is 2.70. The largest absolute Gasteiger partial charge is 0.486 e. The van der Waals surface area contributed by atoms with Crippen molar-refractivity contribution in [3.63, 3.8) is 0 Å². The van der Waals surface area contributed by atoms with Crippen molar-refractivity contribution in [2.75, 3.05) is 6.61 Å². The van der Waals surface area contributed by atoms with E-state index in [9.17, 15) is 14.0 Å². The van der Waals surface area contributed by atoms with E-state index in [4.69, 9.17) is 13.9 Å². The Morgan fingerprint density at radius 1 is 1.03 bits per heavy atom. The minimum Gasteiger partial charge on any atom is -0.486 e. The fourth-order valence-electron chi connectivity index (χ4n) is 2.51. The molecule has 0 unspecified atom stereocenters. The number of carbonyl (C=O) groups is 2. The summed E-state index contributed by atoms with van der Waals surface area (Å²) in [7, 11) is 0. The summed E-state index contributed by atoms with van der Waals surface area (Å²) in [6, 6.07) is 16.2. The van der Waals surface area contributed by atoms with Crippen LogP contribution in [0, 0.1) is 12.7 Å². The highest BCUT2D eigenvalue weighted by Gasteiger charge is 2.15. The van der Waals surface area contributed by atoms with Crippen molar-refractivity contribution < 1.29 is 27.9 Å². The third kappa shape index (κ3) is 5.93. The zero-order chi connectivity index (χ0) is 20.6. The summed E-state index contributed by atoms with van der Waals surface area (Å²) >= 11 is 0. The molecule has 0 aliphatic carbocycles. The van der Waals surface area contributed by atoms with E-state index >= 15 is 0 Å². The van der Waals surface area contributed by atoms with Crippen LogP contribution in [0.4, 0.5) is 4.39 Å². The maximum atomic E-state index is 12.9. The summed E-state index contributed by atoms with van der Waals surface area (Å²) in [6.45, 7) is 1.97. The number of nitrogens with one attached hydrogen (secondary N) is 1. The number of aryl methyl sites for hydroxylation is 1. The van der Waals surface area contributed by atoms with Crippen LogP contribution in [-0.2, 0) is 22.7 Å². The van der Waals surface area contributed by atoms with Crippen LogP contribution in [0.5, 0.6) is 5.75 Å². The van der Waals surface area contributed by atoms with Crippen LogP contribution in [0.3, 0.4) is 0 Å². The Bertz CT molecular complexity index is 981. The Morgan fingerprint density at radius 3 is 2.55 bits per heavy atom. The van der Waals surface area contributed by atoms with Crippen LogP contribution in [0.25, 0.3) is 0 Å². The van der Waals surface area contributed by atoms with Crippen LogP contribution in [-0.4, -0.2) is 18.5 Å². The summed E-state index contributed by atoms with van der Waals surface area (Å²) in [4.78, 5) is 23.9. The number of esters is 1. The molecule has 1 heterocycles. The number of amides is 1. The van der Waals surface area contributed by atoms with Gasteiger partial charge in [-0.1, -0.05) is 24.3 Å². The van der Waals surface area contributed by atoms with Gasteiger partial charge in [-0.25, -0.2) is 9.18 Å². The molecule has 0 bridgehead atoms. The predicted molar refractivity (Wildman–Crippen MR) is 103 cm³/mol. The fourth-order valence-corrected chi connectivity index (χ4v) is 2.51. The molecule has 1 amide bonds. The Morgan fingerprint density at radius 2 is 1.79 bits per heavy atom. The third-order valence-corrected chi connectivity index (χ3v) is 4.13. The average molecular weight is 397 g/mol. The van der Waals surface area contributed by atoms with Crippen molar-refractivity contribution in [2.24, 2.45) is 0 Å². The molecule has 2 aromatic carbocycles. The lowest BCUT2D eigenvalue weighted by Crippen LogP contribution is -2.28. The van der Waals surface area contributed by atoms with E-state index in [1.807, 2.05) is 31.2 Å². The molecule has 1 N–H and O–H groups in total. The van der Waals surface area contributed by atoms with Gasteiger partial charge in [-0.3, -0.25) is 4.79 Å². The fraction of sp³-hybridized carbons (Fsp3) is 0.182. The molecule has 3 aromatic rings. The second-order valence-electron chi connectivity index (χ2n) is 6.29. The molecule has 7 heteroatoms. The summed E-state index contributed by atoms with van der Waals surface area (Å²) in [5.41, 5.74) is 2.06. The minimum absolute atomic E-state index is 0.0330. The van der Waals surface area contributed by atoms with Gasteiger partial charge in [0.05, 0.1) is 0 Å². The molecule has 6 nitrogen and oxygen atoms in total. The molecular formula is C22H20FNO5. The molecule has 0 saturated carbocycles. The molecular weight excluding hydrogens is 377 g/mol. The van der Waals surface area contributed by atoms with Gasteiger partial charge in [-0.05, 0) is 54.4 Å². The van der Waals surface area contributed by atoms with E-state index in [1.165, 1.54) is 30.3 Å². The Balaban J connectivity index is 1.43. The lowest BCUT2D eigenvalue weighted by atomic mass is 10.1. The molecule has 1 aromatic heterocycles. The molecule has 0 radical (unpaired) electrons. The van der Waals surface area contributed by atoms with Gasteiger partial charge in [-0.2, -0.15) is 0 Å². The first kappa shape index (κ1) is 20.1. The van der Waals surface area contributed by atoms with E-state index in [1.54, 1.807) is 6.07 Å². The zero-order valence-electron chi connectivity index (χ0n) is 15.8. The van der Waals surface area contributed by atoms with E-state index in [0.717, 1.165) is 11.1 Å². The van der Waals surface area contributed by atoms with E-state index < -0.39 is 18.5 Å². The molecule has 0 spiro atoms. The molecule has 150 valence electrons. The molecule has 0 fully saturated rings. The molecule has 0 aliphatic heterocycles. The molecule has 0 saturated heterocycles. The number of ether oxygens (including phenoxy) is 2. The van der Waals surface area contributed by atoms with Crippen molar-refractivity contribution in [3.05, 3.63) is 89.1 Å². The van der Waals surface area contributed by atoms with E-state index in [2.05, 4.69) is 5.32 Å². The maximum absolute atomic E-state index is 12.9. The minimum atomic E-state index is -0.746. The van der Waals surface area contributed by atoms with Gasteiger partial charge in [0.25, 0.3) is 5.91 Å². The van der Waals surface area contributed by atoms with Crippen molar-refractivity contribution >= 4 is 11.9 Å². The van der Waals surface area contributed by atoms with Crippen LogP contribution in [0.1, 0.15) is 27.4 Å². The standard InChI is InChI=1S/C22H20FNO5/c1-15-4-2-3-5-16(15)12-24-21(25)14-28-22(26)20-11-10-19(29-20)13-27-18-8-6-17(23)7-9-18/h2-11H,12-14H2,1H3,(H,24,25). The van der Waals surface area contributed by atoms with Crippen LogP contribution < -0.4 is 10.1 Å². The van der Waals surface area contributed by atoms with Gasteiger partial charge < -0.3 is 19.2 Å². The first-order chi connectivity index (χ1) is 14.0. The summed E-state index contributed by atoms with van der Waals surface area (Å²) < 4.78 is 28.6. The number of furan rings is 1. The number of benzene rings is 2. The van der Waals surface area contributed by atoms with Crippen LogP contribution in [0.2, 0.25) is 0 Å². The monoisotopic (exact) mass is 397 g/mol. The first-order valence-corrected chi connectivity index (χ1v) is 8.96. The van der Waals surface area contributed by atoms with Gasteiger partial charge in [0, 0.05) is 6.54 Å². The topological polar surface area (TPSA) is 77.8 Å². The first-order valence-electron chi connectivity index (χ1n) is 8.96. The smallest absolute Gasteiger partial charge is 0.374 e. The van der Waals surface area contributed by atoms with Crippen LogP contribution in [0.15, 0.2) is 65.1 Å². The highest BCUT2D eigenvalue weighted by molar-refractivity contribution is 5.88. The van der Waals surface area contributed by atoms with Gasteiger partial charge in [-0.15, -0.1) is 0 Å². The van der Waals surface area contributed by atoms with Crippen LogP contribution >= 0.6 is 0 Å². The summed E-state index contributed by atoms with van der Waals surface area (Å²) in [6.07, 6.45) is 0. The normalized spacial score (nSPS) is 10.4.